The van der Waals surface area contributed by atoms with Crippen molar-refractivity contribution < 1.29 is 0 Å². The van der Waals surface area contributed by atoms with Crippen LogP contribution in [0.3, 0.4) is 0 Å². The van der Waals surface area contributed by atoms with E-state index in [9.17, 15) is 0 Å². The third-order valence-electron chi connectivity index (χ3n) is 2.22. The summed E-state index contributed by atoms with van der Waals surface area (Å²) in [6.45, 7) is 0. The summed E-state index contributed by atoms with van der Waals surface area (Å²) >= 11 is 0. The molecule has 2 rings (SSSR count). The third-order valence-corrected chi connectivity index (χ3v) is 2.73. The van der Waals surface area contributed by atoms with Gasteiger partial charge in [0.1, 0.15) is 0 Å². The average molecular weight is 201 g/mol. The van der Waals surface area contributed by atoms with Gasteiger partial charge < -0.3 is 5.73 Å². The van der Waals surface area contributed by atoms with Crippen LogP contribution in [0.1, 0.15) is 0 Å². The molecule has 0 aliphatic carbocycles. The number of hydrogen-bond donors (Lipinski definition) is 1. The summed E-state index contributed by atoms with van der Waals surface area (Å²) in [5.41, 5.74) is 9.09. The van der Waals surface area contributed by atoms with Gasteiger partial charge in [-0.3, -0.25) is 0 Å². The van der Waals surface area contributed by atoms with Crippen LogP contribution in [0.2, 0.25) is 0 Å². The summed E-state index contributed by atoms with van der Waals surface area (Å²) in [5, 5.41) is 1.05. The fraction of sp³-hybridized carbons (Fsp3) is 0. The zero-order chi connectivity index (χ0) is 9.97. The molecule has 2 N–H and O–H groups in total. The molecule has 0 heterocycles. The van der Waals surface area contributed by atoms with E-state index in [0.29, 0.717) is 0 Å². The smallest absolute Gasteiger partial charge is 0.0466 e. The van der Waals surface area contributed by atoms with Crippen molar-refractivity contribution in [2.24, 2.45) is 0 Å². The van der Waals surface area contributed by atoms with Gasteiger partial charge in [0, 0.05) is 11.3 Å². The number of hydrogen-bond acceptors (Lipinski definition) is 1. The predicted octanol–water partition coefficient (Wildman–Crippen LogP) is 2.44. The Kier molecular flexibility index (Phi) is 2.51. The number of benzene rings is 2. The van der Waals surface area contributed by atoms with E-state index in [4.69, 9.17) is 5.73 Å². The van der Waals surface area contributed by atoms with E-state index in [0.717, 1.165) is 22.1 Å². The summed E-state index contributed by atoms with van der Waals surface area (Å²) in [6, 6.07) is 16.2. The van der Waals surface area contributed by atoms with Crippen molar-refractivity contribution in [3.8, 4) is 11.1 Å². The van der Waals surface area contributed by atoms with Gasteiger partial charge >= 0.3 is 0 Å². The van der Waals surface area contributed by atoms with E-state index >= 15 is 0 Å². The lowest BCUT2D eigenvalue weighted by molar-refractivity contribution is 1.63. The van der Waals surface area contributed by atoms with Gasteiger partial charge in [-0.15, -0.1) is 9.24 Å². The van der Waals surface area contributed by atoms with Crippen molar-refractivity contribution in [1.82, 2.24) is 0 Å². The summed E-state index contributed by atoms with van der Waals surface area (Å²) in [5.74, 6) is 0. The molecular formula is C12H12NP. The van der Waals surface area contributed by atoms with Gasteiger partial charge in [-0.05, 0) is 10.9 Å². The van der Waals surface area contributed by atoms with E-state index in [1.165, 1.54) is 0 Å². The topological polar surface area (TPSA) is 26.0 Å². The molecule has 1 unspecified atom stereocenters. The van der Waals surface area contributed by atoms with Crippen LogP contribution in [0.5, 0.6) is 0 Å². The van der Waals surface area contributed by atoms with Gasteiger partial charge in [0.05, 0.1) is 0 Å². The molecule has 0 saturated carbocycles. The van der Waals surface area contributed by atoms with E-state index in [2.05, 4.69) is 21.4 Å². The van der Waals surface area contributed by atoms with Crippen LogP contribution in [0.4, 0.5) is 5.69 Å². The zero-order valence-corrected chi connectivity index (χ0v) is 8.93. The molecule has 0 saturated heterocycles. The van der Waals surface area contributed by atoms with E-state index in [-0.39, 0.29) is 0 Å². The number of rotatable bonds is 1. The molecule has 0 spiro atoms. The molecule has 1 nitrogen and oxygen atoms in total. The van der Waals surface area contributed by atoms with Gasteiger partial charge in [-0.1, -0.05) is 48.5 Å². The lowest BCUT2D eigenvalue weighted by Gasteiger charge is -2.07. The maximum absolute atomic E-state index is 5.99. The zero-order valence-electron chi connectivity index (χ0n) is 7.77. The van der Waals surface area contributed by atoms with E-state index in [1.807, 2.05) is 36.4 Å². The number of nitrogens with two attached hydrogens (primary N) is 1. The van der Waals surface area contributed by atoms with Gasteiger partial charge in [0.15, 0.2) is 0 Å². The maximum Gasteiger partial charge on any atom is 0.0466 e. The van der Waals surface area contributed by atoms with Crippen LogP contribution in [-0.4, -0.2) is 0 Å². The first kappa shape index (κ1) is 9.23. The van der Waals surface area contributed by atoms with E-state index < -0.39 is 0 Å². The molecule has 0 aromatic heterocycles. The lowest BCUT2D eigenvalue weighted by atomic mass is 10.0. The second-order valence-corrected chi connectivity index (χ2v) is 3.80. The van der Waals surface area contributed by atoms with Crippen molar-refractivity contribution in [3.63, 3.8) is 0 Å². The Bertz CT molecular complexity index is 437. The van der Waals surface area contributed by atoms with Crippen LogP contribution in [-0.2, 0) is 0 Å². The summed E-state index contributed by atoms with van der Waals surface area (Å²) in [7, 11) is 2.65. The fourth-order valence-electron chi connectivity index (χ4n) is 1.45. The van der Waals surface area contributed by atoms with Crippen LogP contribution in [0.15, 0.2) is 48.5 Å². The largest absolute Gasteiger partial charge is 0.398 e. The monoisotopic (exact) mass is 201 g/mol. The van der Waals surface area contributed by atoms with Gasteiger partial charge in [-0.2, -0.15) is 0 Å². The van der Waals surface area contributed by atoms with Gasteiger partial charge in [0.2, 0.25) is 0 Å². The number of nitrogen functional groups attached to an aromatic ring is 1. The highest BCUT2D eigenvalue weighted by molar-refractivity contribution is 7.28. The minimum atomic E-state index is 0.837. The quantitative estimate of drug-likeness (QED) is 0.556. The summed E-state index contributed by atoms with van der Waals surface area (Å²) < 4.78 is 0. The van der Waals surface area contributed by atoms with Crippen LogP contribution in [0, 0.1) is 0 Å². The number of anilines is 1. The minimum absolute atomic E-state index is 0.837. The highest BCUT2D eigenvalue weighted by atomic mass is 31.0. The molecule has 0 fully saturated rings. The standard InChI is InChI=1S/C12H12NP/c13-12-10(7-4-8-11(12)14)9-5-2-1-3-6-9/h1-8H,13-14H2. The van der Waals surface area contributed by atoms with E-state index in [1.54, 1.807) is 0 Å². The van der Waals surface area contributed by atoms with Crippen molar-refractivity contribution in [1.29, 1.82) is 0 Å². The molecule has 0 radical (unpaired) electrons. The molecule has 1 atom stereocenters. The lowest BCUT2D eigenvalue weighted by Crippen LogP contribution is -2.02. The Morgan fingerprint density at radius 3 is 2.29 bits per heavy atom. The van der Waals surface area contributed by atoms with Gasteiger partial charge in [0.25, 0.3) is 0 Å². The summed E-state index contributed by atoms with van der Waals surface area (Å²) in [4.78, 5) is 0. The molecule has 0 amide bonds. The first-order valence-electron chi connectivity index (χ1n) is 4.48. The molecule has 2 aromatic carbocycles. The van der Waals surface area contributed by atoms with Gasteiger partial charge in [-0.25, -0.2) is 0 Å². The Morgan fingerprint density at radius 2 is 1.57 bits per heavy atom. The van der Waals surface area contributed by atoms with Crippen LogP contribution in [0.25, 0.3) is 11.1 Å². The highest BCUT2D eigenvalue weighted by Crippen LogP contribution is 2.24. The normalized spacial score (nSPS) is 10.1. The van der Waals surface area contributed by atoms with Crippen molar-refractivity contribution in [3.05, 3.63) is 48.5 Å². The first-order chi connectivity index (χ1) is 6.79. The number of para-hydroxylation sites is 1. The fourth-order valence-corrected chi connectivity index (χ4v) is 1.72. The maximum atomic E-state index is 5.99. The van der Waals surface area contributed by atoms with Crippen molar-refractivity contribution in [2.75, 3.05) is 5.73 Å². The summed E-state index contributed by atoms with van der Waals surface area (Å²) in [6.07, 6.45) is 0. The minimum Gasteiger partial charge on any atom is -0.398 e. The Labute approximate surface area is 86.2 Å². The first-order valence-corrected chi connectivity index (χ1v) is 5.06. The second-order valence-electron chi connectivity index (χ2n) is 3.17. The van der Waals surface area contributed by atoms with Crippen molar-refractivity contribution >= 4 is 20.2 Å². The Balaban J connectivity index is 2.58. The molecular weight excluding hydrogens is 189 g/mol. The Hall–Kier alpha value is -1.33. The molecule has 70 valence electrons. The second kappa shape index (κ2) is 3.81. The molecule has 2 aromatic rings. The van der Waals surface area contributed by atoms with Crippen LogP contribution < -0.4 is 11.0 Å². The molecule has 0 aliphatic heterocycles. The van der Waals surface area contributed by atoms with Crippen molar-refractivity contribution in [2.45, 2.75) is 0 Å². The molecule has 2 heteroatoms. The SMILES string of the molecule is Nc1c(P)cccc1-c1ccccc1. The Morgan fingerprint density at radius 1 is 0.857 bits per heavy atom. The predicted molar refractivity (Wildman–Crippen MR) is 65.6 cm³/mol. The molecule has 0 bridgehead atoms. The molecule has 14 heavy (non-hydrogen) atoms. The average Bonchev–Trinajstić information content (AvgIpc) is 2.23. The highest BCUT2D eigenvalue weighted by Gasteiger charge is 2.02. The molecule has 0 aliphatic rings. The van der Waals surface area contributed by atoms with Crippen LogP contribution >= 0.6 is 9.24 Å². The third kappa shape index (κ3) is 1.64.